The van der Waals surface area contributed by atoms with Gasteiger partial charge in [0.25, 0.3) is 0 Å². The summed E-state index contributed by atoms with van der Waals surface area (Å²) in [6.07, 6.45) is 4.05. The molecule has 3 aliphatic rings. The van der Waals surface area contributed by atoms with Gasteiger partial charge in [0.05, 0.1) is 38.5 Å². The number of anilines is 1. The summed E-state index contributed by atoms with van der Waals surface area (Å²) < 4.78 is 34.7. The molecule has 0 bridgehead atoms. The molecule has 1 unspecified atom stereocenters. The Kier molecular flexibility index (Phi) is 7.12. The summed E-state index contributed by atoms with van der Waals surface area (Å²) in [5.41, 5.74) is 1.36. The number of rotatable bonds is 10. The Morgan fingerprint density at radius 2 is 2.00 bits per heavy atom. The van der Waals surface area contributed by atoms with E-state index in [0.717, 1.165) is 12.8 Å². The minimum Gasteiger partial charge on any atom is -0.497 e. The van der Waals surface area contributed by atoms with Gasteiger partial charge < -0.3 is 33.7 Å². The van der Waals surface area contributed by atoms with Crippen molar-refractivity contribution in [3.63, 3.8) is 0 Å². The second kappa shape index (κ2) is 9.76. The number of hydrogen-bond donors (Lipinski definition) is 1. The maximum absolute atomic E-state index is 12.8. The molecular formula is C26H37NO7. The highest BCUT2D eigenvalue weighted by molar-refractivity contribution is 5.76. The van der Waals surface area contributed by atoms with Gasteiger partial charge in [-0.15, -0.1) is 0 Å². The van der Waals surface area contributed by atoms with E-state index < -0.39 is 0 Å². The first-order valence-corrected chi connectivity index (χ1v) is 11.9. The van der Waals surface area contributed by atoms with Crippen molar-refractivity contribution >= 4 is 11.7 Å². The first-order chi connectivity index (χ1) is 16.3. The normalized spacial score (nSPS) is 33.7. The highest BCUT2D eigenvalue weighted by Crippen LogP contribution is 2.59. The largest absolute Gasteiger partial charge is 0.497 e. The van der Waals surface area contributed by atoms with Crippen LogP contribution in [0.2, 0.25) is 0 Å². The van der Waals surface area contributed by atoms with E-state index in [1.165, 1.54) is 5.57 Å². The fraction of sp³-hybridized carbons (Fsp3) is 0.654. The van der Waals surface area contributed by atoms with Crippen molar-refractivity contribution in [3.8, 4) is 11.5 Å². The zero-order chi connectivity index (χ0) is 24.5. The monoisotopic (exact) mass is 475 g/mol. The third kappa shape index (κ3) is 4.90. The summed E-state index contributed by atoms with van der Waals surface area (Å²) in [5.74, 6) is 0.922. The number of allylic oxidation sites excluding steroid dienone is 1. The third-order valence-electron chi connectivity index (χ3n) is 7.35. The molecule has 0 amide bonds. The molecule has 1 N–H and O–H groups in total. The number of carbonyl (C=O) groups excluding carboxylic acids is 1. The lowest BCUT2D eigenvalue weighted by Crippen LogP contribution is -2.55. The zero-order valence-electron chi connectivity index (χ0n) is 21.0. The topological polar surface area (TPSA) is 91.1 Å². The summed E-state index contributed by atoms with van der Waals surface area (Å²) in [6.45, 7) is 7.03. The molecule has 1 aromatic rings. The molecule has 0 radical (unpaired) electrons. The van der Waals surface area contributed by atoms with Crippen LogP contribution < -0.4 is 14.8 Å². The molecule has 8 heteroatoms. The van der Waals surface area contributed by atoms with Crippen LogP contribution in [0.5, 0.6) is 11.5 Å². The van der Waals surface area contributed by atoms with Crippen molar-refractivity contribution in [1.82, 2.24) is 0 Å². The van der Waals surface area contributed by atoms with Gasteiger partial charge in [0, 0.05) is 13.2 Å². The fourth-order valence-electron chi connectivity index (χ4n) is 5.39. The molecule has 1 spiro atoms. The fourth-order valence-corrected chi connectivity index (χ4v) is 5.39. The minimum atomic E-state index is -0.359. The van der Waals surface area contributed by atoms with E-state index in [2.05, 4.69) is 32.2 Å². The third-order valence-corrected chi connectivity index (χ3v) is 7.35. The van der Waals surface area contributed by atoms with Crippen molar-refractivity contribution in [2.75, 3.05) is 39.8 Å². The second-order valence-corrected chi connectivity index (χ2v) is 9.83. The van der Waals surface area contributed by atoms with Crippen molar-refractivity contribution in [2.24, 2.45) is 5.92 Å². The van der Waals surface area contributed by atoms with Gasteiger partial charge in [-0.05, 0) is 52.2 Å². The predicted molar refractivity (Wildman–Crippen MR) is 127 cm³/mol. The van der Waals surface area contributed by atoms with E-state index in [-0.39, 0.29) is 47.9 Å². The lowest BCUT2D eigenvalue weighted by molar-refractivity contribution is -0.170. The van der Waals surface area contributed by atoms with Crippen LogP contribution in [0.3, 0.4) is 0 Å². The number of methoxy groups -OCH3 is 3. The average Bonchev–Trinajstić information content (AvgIpc) is 3.74. The molecular weight excluding hydrogens is 438 g/mol. The molecule has 2 aliphatic heterocycles. The van der Waals surface area contributed by atoms with Crippen LogP contribution in [-0.2, 0) is 23.7 Å². The van der Waals surface area contributed by atoms with E-state index in [9.17, 15) is 4.79 Å². The molecule has 3 fully saturated rings. The first kappa shape index (κ1) is 24.8. The van der Waals surface area contributed by atoms with Crippen LogP contribution >= 0.6 is 0 Å². The SMILES string of the molecule is COc1ccc(NCC(=O)O[C@@H]2CC[C@]3(CO3)[C@@H]([C@@]3(C)OC3CC=C(C)C)[C@@H]2OC)c(OC)c1. The van der Waals surface area contributed by atoms with Gasteiger partial charge >= 0.3 is 5.97 Å². The highest BCUT2D eigenvalue weighted by Gasteiger charge is 2.72. The van der Waals surface area contributed by atoms with Gasteiger partial charge in [0.2, 0.25) is 0 Å². The Hall–Kier alpha value is -2.29. The lowest BCUT2D eigenvalue weighted by atomic mass is 9.68. The van der Waals surface area contributed by atoms with Crippen LogP contribution in [0.25, 0.3) is 0 Å². The van der Waals surface area contributed by atoms with Gasteiger partial charge in [-0.1, -0.05) is 11.6 Å². The van der Waals surface area contributed by atoms with Gasteiger partial charge in [0.1, 0.15) is 41.5 Å². The lowest BCUT2D eigenvalue weighted by Gasteiger charge is -2.42. The Balaban J connectivity index is 1.40. The van der Waals surface area contributed by atoms with E-state index in [0.29, 0.717) is 30.2 Å². The number of ether oxygens (including phenoxy) is 6. The van der Waals surface area contributed by atoms with E-state index in [4.69, 9.17) is 28.4 Å². The van der Waals surface area contributed by atoms with Gasteiger partial charge in [0.15, 0.2) is 0 Å². The van der Waals surface area contributed by atoms with Crippen LogP contribution in [0.1, 0.15) is 40.0 Å². The minimum absolute atomic E-state index is 0.00162. The predicted octanol–water partition coefficient (Wildman–Crippen LogP) is 3.74. The van der Waals surface area contributed by atoms with Crippen LogP contribution in [-0.4, -0.2) is 70.0 Å². The Morgan fingerprint density at radius 1 is 1.24 bits per heavy atom. The maximum atomic E-state index is 12.8. The molecule has 4 rings (SSSR count). The average molecular weight is 476 g/mol. The Bertz CT molecular complexity index is 924. The Labute approximate surface area is 201 Å². The number of nitrogens with one attached hydrogen (secondary N) is 1. The van der Waals surface area contributed by atoms with Crippen LogP contribution in [0.15, 0.2) is 29.8 Å². The second-order valence-electron chi connectivity index (χ2n) is 9.83. The zero-order valence-corrected chi connectivity index (χ0v) is 21.0. The first-order valence-electron chi connectivity index (χ1n) is 11.9. The summed E-state index contributed by atoms with van der Waals surface area (Å²) in [7, 11) is 4.85. The molecule has 34 heavy (non-hydrogen) atoms. The molecule has 2 heterocycles. The van der Waals surface area contributed by atoms with Gasteiger partial charge in [-0.2, -0.15) is 0 Å². The standard InChI is InChI=1S/C26H37NO7/c1-16(2)7-10-21-25(3,34-21)24-23(31-6)19(11-12-26(24)15-32-26)33-22(28)14-27-18-9-8-17(29-4)13-20(18)30-5/h7-9,13,19,21,23-24,27H,10-12,14-15H2,1-6H3/t19-,21?,23-,24-,25+,26+/m1/s1. The number of carbonyl (C=O) groups is 1. The molecule has 6 atom stereocenters. The highest BCUT2D eigenvalue weighted by atomic mass is 16.6. The Morgan fingerprint density at radius 3 is 2.62 bits per heavy atom. The summed E-state index contributed by atoms with van der Waals surface area (Å²) in [4.78, 5) is 12.8. The van der Waals surface area contributed by atoms with Crippen molar-refractivity contribution < 1.29 is 33.2 Å². The van der Waals surface area contributed by atoms with Crippen molar-refractivity contribution in [1.29, 1.82) is 0 Å². The van der Waals surface area contributed by atoms with E-state index >= 15 is 0 Å². The molecule has 0 aromatic heterocycles. The number of epoxide rings is 2. The van der Waals surface area contributed by atoms with E-state index in [1.807, 2.05) is 6.07 Å². The molecule has 1 aliphatic carbocycles. The van der Waals surface area contributed by atoms with Gasteiger partial charge in [-0.25, -0.2) is 0 Å². The van der Waals surface area contributed by atoms with Crippen LogP contribution in [0, 0.1) is 5.92 Å². The summed E-state index contributed by atoms with van der Waals surface area (Å²) >= 11 is 0. The van der Waals surface area contributed by atoms with Crippen molar-refractivity contribution in [3.05, 3.63) is 29.8 Å². The maximum Gasteiger partial charge on any atom is 0.325 e. The smallest absolute Gasteiger partial charge is 0.325 e. The number of hydrogen-bond acceptors (Lipinski definition) is 8. The van der Waals surface area contributed by atoms with E-state index in [1.54, 1.807) is 33.5 Å². The van der Waals surface area contributed by atoms with Crippen LogP contribution in [0.4, 0.5) is 5.69 Å². The van der Waals surface area contributed by atoms with Gasteiger partial charge in [-0.3, -0.25) is 4.79 Å². The number of esters is 1. The summed E-state index contributed by atoms with van der Waals surface area (Å²) in [5, 5.41) is 3.10. The molecule has 2 saturated heterocycles. The molecule has 1 aromatic carbocycles. The summed E-state index contributed by atoms with van der Waals surface area (Å²) in [6, 6.07) is 5.38. The quantitative estimate of drug-likeness (QED) is 0.311. The molecule has 188 valence electrons. The molecule has 8 nitrogen and oxygen atoms in total. The van der Waals surface area contributed by atoms with Crippen molar-refractivity contribution in [2.45, 2.75) is 69.5 Å². The molecule has 1 saturated carbocycles. The number of benzene rings is 1.